The van der Waals surface area contributed by atoms with Crippen molar-refractivity contribution in [1.82, 2.24) is 0 Å². The predicted molar refractivity (Wildman–Crippen MR) is 59.8 cm³/mol. The highest BCUT2D eigenvalue weighted by atomic mass is 35.5. The molecule has 0 aliphatic heterocycles. The summed E-state index contributed by atoms with van der Waals surface area (Å²) >= 11 is 7.60. The molecule has 0 N–H and O–H groups in total. The summed E-state index contributed by atoms with van der Waals surface area (Å²) in [6.07, 6.45) is 3.51. The van der Waals surface area contributed by atoms with Crippen LogP contribution in [-0.4, -0.2) is 12.3 Å². The molecule has 1 aromatic rings. The summed E-state index contributed by atoms with van der Waals surface area (Å²) < 4.78 is 0. The van der Waals surface area contributed by atoms with Gasteiger partial charge in [-0.05, 0) is 30.9 Å². The molecule has 0 aliphatic carbocycles. The molecule has 0 saturated heterocycles. The Hall–Kier alpha value is -0.760. The van der Waals surface area contributed by atoms with Crippen LogP contribution < -0.4 is 0 Å². The predicted octanol–water partition coefficient (Wildman–Crippen LogP) is 3.46. The molecule has 0 amide bonds. The highest BCUT2D eigenvalue weighted by Crippen LogP contribution is 2.28. The van der Waals surface area contributed by atoms with Gasteiger partial charge in [0.15, 0.2) is 0 Å². The van der Waals surface area contributed by atoms with Gasteiger partial charge in [0.05, 0.1) is 11.1 Å². The molecule has 0 aromatic heterocycles. The van der Waals surface area contributed by atoms with Crippen LogP contribution in [0.5, 0.6) is 0 Å². The average Bonchev–Trinajstić information content (AvgIpc) is 2.18. The van der Waals surface area contributed by atoms with Crippen LogP contribution in [0.3, 0.4) is 0 Å². The second-order valence-electron chi connectivity index (χ2n) is 2.79. The van der Waals surface area contributed by atoms with E-state index in [9.17, 15) is 4.79 Å². The van der Waals surface area contributed by atoms with Crippen LogP contribution in [-0.2, 0) is 4.79 Å². The number of rotatable bonds is 3. The summed E-state index contributed by atoms with van der Waals surface area (Å²) in [7, 11) is 0. The topological polar surface area (TPSA) is 29.4 Å². The van der Waals surface area contributed by atoms with Crippen LogP contribution in [0.1, 0.15) is 18.5 Å². The van der Waals surface area contributed by atoms with Gasteiger partial charge in [0, 0.05) is 4.90 Å². The van der Waals surface area contributed by atoms with E-state index in [-0.39, 0.29) is 6.04 Å². The van der Waals surface area contributed by atoms with Gasteiger partial charge in [-0.15, -0.1) is 11.8 Å². The fraction of sp³-hybridized carbons (Fsp3) is 0.300. The van der Waals surface area contributed by atoms with E-state index in [1.807, 2.05) is 31.4 Å². The largest absolute Gasteiger partial charge is 0.235 e. The number of halogens is 1. The lowest BCUT2D eigenvalue weighted by Gasteiger charge is -2.07. The maximum absolute atomic E-state index is 10.1. The van der Waals surface area contributed by atoms with Gasteiger partial charge in [-0.2, -0.15) is 4.99 Å². The third kappa shape index (κ3) is 2.61. The molecule has 0 radical (unpaired) electrons. The van der Waals surface area contributed by atoms with Gasteiger partial charge in [0.2, 0.25) is 6.08 Å². The summed E-state index contributed by atoms with van der Waals surface area (Å²) in [5.41, 5.74) is 0.927. The SMILES string of the molecule is CSc1ccc(C(C)N=C=O)cc1Cl. The smallest absolute Gasteiger partial charge is 0.211 e. The van der Waals surface area contributed by atoms with E-state index in [0.29, 0.717) is 5.02 Å². The van der Waals surface area contributed by atoms with Crippen LogP contribution in [0.2, 0.25) is 5.02 Å². The van der Waals surface area contributed by atoms with E-state index in [0.717, 1.165) is 10.5 Å². The number of benzene rings is 1. The van der Waals surface area contributed by atoms with Crippen LogP contribution in [0.4, 0.5) is 0 Å². The average molecular weight is 228 g/mol. The van der Waals surface area contributed by atoms with Crippen molar-refractivity contribution in [2.24, 2.45) is 4.99 Å². The van der Waals surface area contributed by atoms with Crippen molar-refractivity contribution < 1.29 is 4.79 Å². The summed E-state index contributed by atoms with van der Waals surface area (Å²) in [4.78, 5) is 14.7. The lowest BCUT2D eigenvalue weighted by molar-refractivity contribution is 0.559. The lowest BCUT2D eigenvalue weighted by atomic mass is 10.1. The van der Waals surface area contributed by atoms with E-state index >= 15 is 0 Å². The van der Waals surface area contributed by atoms with Crippen molar-refractivity contribution >= 4 is 29.4 Å². The van der Waals surface area contributed by atoms with E-state index in [4.69, 9.17) is 11.6 Å². The van der Waals surface area contributed by atoms with Crippen molar-refractivity contribution in [3.63, 3.8) is 0 Å². The molecule has 14 heavy (non-hydrogen) atoms. The molecule has 0 heterocycles. The Morgan fingerprint density at radius 3 is 2.79 bits per heavy atom. The molecule has 0 spiro atoms. The number of hydrogen-bond acceptors (Lipinski definition) is 3. The van der Waals surface area contributed by atoms with Gasteiger partial charge in [-0.25, -0.2) is 4.79 Å². The Kier molecular flexibility index (Phi) is 4.21. The highest BCUT2D eigenvalue weighted by molar-refractivity contribution is 7.98. The Morgan fingerprint density at radius 1 is 1.57 bits per heavy atom. The van der Waals surface area contributed by atoms with E-state index < -0.39 is 0 Å². The van der Waals surface area contributed by atoms with Crippen molar-refractivity contribution in [2.45, 2.75) is 17.9 Å². The molecule has 1 atom stereocenters. The normalized spacial score (nSPS) is 11.9. The Bertz CT molecular complexity index is 374. The fourth-order valence-corrected chi connectivity index (χ4v) is 1.97. The van der Waals surface area contributed by atoms with Gasteiger partial charge in [-0.3, -0.25) is 0 Å². The zero-order chi connectivity index (χ0) is 10.6. The third-order valence-corrected chi connectivity index (χ3v) is 3.13. The summed E-state index contributed by atoms with van der Waals surface area (Å²) in [6.45, 7) is 1.83. The van der Waals surface area contributed by atoms with Crippen molar-refractivity contribution in [3.05, 3.63) is 28.8 Å². The summed E-state index contributed by atoms with van der Waals surface area (Å²) in [5, 5.41) is 0.697. The standard InChI is InChI=1S/C10H10ClNOS/c1-7(12-6-13)8-3-4-10(14-2)9(11)5-8/h3-5,7H,1-2H3. The van der Waals surface area contributed by atoms with Gasteiger partial charge < -0.3 is 0 Å². The molecule has 1 aromatic carbocycles. The zero-order valence-electron chi connectivity index (χ0n) is 7.95. The Labute approximate surface area is 92.4 Å². The highest BCUT2D eigenvalue weighted by Gasteiger charge is 2.06. The maximum atomic E-state index is 10.1. The van der Waals surface area contributed by atoms with Crippen LogP contribution in [0.15, 0.2) is 28.1 Å². The molecular formula is C10H10ClNOS. The molecular weight excluding hydrogens is 218 g/mol. The maximum Gasteiger partial charge on any atom is 0.235 e. The van der Waals surface area contributed by atoms with Crippen LogP contribution >= 0.6 is 23.4 Å². The van der Waals surface area contributed by atoms with E-state index in [1.165, 1.54) is 0 Å². The van der Waals surface area contributed by atoms with Crippen LogP contribution in [0, 0.1) is 0 Å². The molecule has 0 aliphatic rings. The second-order valence-corrected chi connectivity index (χ2v) is 4.05. The summed E-state index contributed by atoms with van der Waals surface area (Å²) in [6, 6.07) is 5.50. The Balaban J connectivity index is 3.01. The fourth-order valence-electron chi connectivity index (χ4n) is 1.10. The molecule has 1 rings (SSSR count). The minimum Gasteiger partial charge on any atom is -0.211 e. The number of thioether (sulfide) groups is 1. The van der Waals surface area contributed by atoms with E-state index in [2.05, 4.69) is 4.99 Å². The molecule has 2 nitrogen and oxygen atoms in total. The summed E-state index contributed by atoms with van der Waals surface area (Å²) in [5.74, 6) is 0. The monoisotopic (exact) mass is 227 g/mol. The number of hydrogen-bond donors (Lipinski definition) is 0. The zero-order valence-corrected chi connectivity index (χ0v) is 9.52. The number of isocyanates is 1. The van der Waals surface area contributed by atoms with Crippen LogP contribution in [0.25, 0.3) is 0 Å². The number of carbonyl (C=O) groups excluding carboxylic acids is 1. The van der Waals surface area contributed by atoms with Crippen molar-refractivity contribution in [3.8, 4) is 0 Å². The van der Waals surface area contributed by atoms with Crippen molar-refractivity contribution in [2.75, 3.05) is 6.26 Å². The quantitative estimate of drug-likeness (QED) is 0.450. The molecule has 4 heteroatoms. The number of nitrogens with zero attached hydrogens (tertiary/aromatic N) is 1. The first-order valence-electron chi connectivity index (χ1n) is 4.09. The molecule has 0 bridgehead atoms. The van der Waals surface area contributed by atoms with Gasteiger partial charge in [-0.1, -0.05) is 17.7 Å². The number of aliphatic imine (C=N–C) groups is 1. The molecule has 0 saturated carbocycles. The first-order chi connectivity index (χ1) is 6.69. The molecule has 0 fully saturated rings. The first-order valence-corrected chi connectivity index (χ1v) is 5.69. The molecule has 74 valence electrons. The second kappa shape index (κ2) is 5.20. The first kappa shape index (κ1) is 11.3. The minimum atomic E-state index is -0.180. The Morgan fingerprint density at radius 2 is 2.29 bits per heavy atom. The lowest BCUT2D eigenvalue weighted by Crippen LogP contribution is -1.89. The minimum absolute atomic E-state index is 0.180. The van der Waals surface area contributed by atoms with Gasteiger partial charge in [0.25, 0.3) is 0 Å². The van der Waals surface area contributed by atoms with Gasteiger partial charge in [0.1, 0.15) is 0 Å². The molecule has 1 unspecified atom stereocenters. The van der Waals surface area contributed by atoms with Gasteiger partial charge >= 0.3 is 0 Å². The van der Waals surface area contributed by atoms with E-state index in [1.54, 1.807) is 17.8 Å². The van der Waals surface area contributed by atoms with Crippen molar-refractivity contribution in [1.29, 1.82) is 0 Å². The third-order valence-electron chi connectivity index (χ3n) is 1.90.